The summed E-state index contributed by atoms with van der Waals surface area (Å²) in [5.74, 6) is 3.53. The molecule has 0 heterocycles. The zero-order valence-electron chi connectivity index (χ0n) is 16.2. The number of aliphatic hydroxyl groups excluding tert-OH is 2. The Labute approximate surface area is 154 Å². The molecule has 138 valence electrons. The summed E-state index contributed by atoms with van der Waals surface area (Å²) >= 11 is 0. The molecule has 0 aromatic rings. The van der Waals surface area contributed by atoms with E-state index in [2.05, 4.69) is 38.5 Å². The van der Waals surface area contributed by atoms with Gasteiger partial charge in [-0.1, -0.05) is 50.7 Å². The van der Waals surface area contributed by atoms with Crippen LogP contribution in [-0.4, -0.2) is 22.4 Å². The fourth-order valence-electron chi connectivity index (χ4n) is 4.32. The fourth-order valence-corrected chi connectivity index (χ4v) is 4.32. The summed E-state index contributed by atoms with van der Waals surface area (Å²) in [4.78, 5) is 0. The first kappa shape index (κ1) is 21.5. The fraction of sp³-hybridized carbons (Fsp3) is 0.565. The molecule has 0 aromatic carbocycles. The second-order valence-electron chi connectivity index (χ2n) is 7.60. The quantitative estimate of drug-likeness (QED) is 0.515. The summed E-state index contributed by atoms with van der Waals surface area (Å²) in [6, 6.07) is 0. The zero-order valence-corrected chi connectivity index (χ0v) is 16.2. The first-order valence-electron chi connectivity index (χ1n) is 9.29. The predicted molar refractivity (Wildman–Crippen MR) is 107 cm³/mol. The van der Waals surface area contributed by atoms with Gasteiger partial charge in [-0.25, -0.2) is 0 Å². The van der Waals surface area contributed by atoms with Gasteiger partial charge in [-0.2, -0.15) is 0 Å². The van der Waals surface area contributed by atoms with Gasteiger partial charge in [-0.3, -0.25) is 0 Å². The van der Waals surface area contributed by atoms with Crippen LogP contribution in [0.1, 0.15) is 53.4 Å². The van der Waals surface area contributed by atoms with Crippen molar-refractivity contribution < 1.29 is 10.2 Å². The monoisotopic (exact) mass is 342 g/mol. The van der Waals surface area contributed by atoms with Crippen molar-refractivity contribution >= 4 is 0 Å². The number of aliphatic hydroxyl groups is 2. The third-order valence-electron chi connectivity index (χ3n) is 5.14. The van der Waals surface area contributed by atoms with Gasteiger partial charge in [0.25, 0.3) is 0 Å². The highest BCUT2D eigenvalue weighted by molar-refractivity contribution is 5.42. The van der Waals surface area contributed by atoms with E-state index in [-0.39, 0.29) is 11.5 Å². The summed E-state index contributed by atoms with van der Waals surface area (Å²) in [6.45, 7) is 12.5. The van der Waals surface area contributed by atoms with Crippen molar-refractivity contribution in [3.05, 3.63) is 48.1 Å². The minimum absolute atomic E-state index is 0.146. The lowest BCUT2D eigenvalue weighted by Crippen LogP contribution is -2.34. The van der Waals surface area contributed by atoms with E-state index in [1.807, 2.05) is 19.1 Å². The summed E-state index contributed by atoms with van der Waals surface area (Å²) in [7, 11) is 0. The first-order valence-corrected chi connectivity index (χ1v) is 9.29. The normalized spacial score (nSPS) is 30.8. The molecule has 0 aromatic heterocycles. The predicted octanol–water partition coefficient (Wildman–Crippen LogP) is 4.81. The van der Waals surface area contributed by atoms with Gasteiger partial charge in [-0.15, -0.1) is 6.42 Å². The van der Waals surface area contributed by atoms with Crippen LogP contribution in [0.3, 0.4) is 0 Å². The molecular weight excluding hydrogens is 308 g/mol. The molecule has 0 radical (unpaired) electrons. The van der Waals surface area contributed by atoms with Crippen LogP contribution in [0.25, 0.3) is 0 Å². The third-order valence-corrected chi connectivity index (χ3v) is 5.14. The lowest BCUT2D eigenvalue weighted by molar-refractivity contribution is 0.176. The van der Waals surface area contributed by atoms with Gasteiger partial charge in [-0.05, 0) is 68.6 Å². The molecule has 25 heavy (non-hydrogen) atoms. The Morgan fingerprint density at radius 3 is 2.32 bits per heavy atom. The lowest BCUT2D eigenvalue weighted by atomic mass is 9.59. The molecule has 0 spiro atoms. The van der Waals surface area contributed by atoms with Crippen molar-refractivity contribution in [3.63, 3.8) is 0 Å². The Kier molecular flexibility index (Phi) is 8.42. The zero-order chi connectivity index (χ0) is 19.0. The van der Waals surface area contributed by atoms with Crippen molar-refractivity contribution in [3.8, 4) is 12.3 Å². The second kappa shape index (κ2) is 9.80. The van der Waals surface area contributed by atoms with Crippen molar-refractivity contribution in [2.24, 2.45) is 17.3 Å². The molecular formula is C23H34O2. The lowest BCUT2D eigenvalue weighted by Gasteiger charge is -2.45. The van der Waals surface area contributed by atoms with Crippen molar-refractivity contribution in [1.29, 1.82) is 0 Å². The molecule has 0 saturated heterocycles. The Hall–Kier alpha value is -1.56. The Morgan fingerprint density at radius 1 is 1.28 bits per heavy atom. The summed E-state index contributed by atoms with van der Waals surface area (Å²) in [6.07, 6.45) is 17.8. The van der Waals surface area contributed by atoms with E-state index in [9.17, 15) is 10.2 Å². The van der Waals surface area contributed by atoms with Crippen LogP contribution in [0, 0.1) is 29.6 Å². The molecule has 2 heteroatoms. The van der Waals surface area contributed by atoms with Gasteiger partial charge in [0.05, 0.1) is 6.10 Å². The van der Waals surface area contributed by atoms with Gasteiger partial charge >= 0.3 is 0 Å². The van der Waals surface area contributed by atoms with Crippen LogP contribution in [0.4, 0.5) is 0 Å². The van der Waals surface area contributed by atoms with E-state index < -0.39 is 6.10 Å². The van der Waals surface area contributed by atoms with E-state index in [1.54, 1.807) is 13.0 Å². The van der Waals surface area contributed by atoms with Gasteiger partial charge in [0.15, 0.2) is 0 Å². The van der Waals surface area contributed by atoms with Crippen molar-refractivity contribution in [2.45, 2.75) is 65.6 Å². The standard InChI is InChI=1S/C23H34O2/c1-7-20(11-10-19(6)24)23(15-17(4)14-18(5)16-23)21(8-2)12-13-22(25)9-3/h3,7-8,11-13,17-19,22,24-25H,1,10,14-16H2,2,4-6H3/b13-12-,20-11+,21-8+. The van der Waals surface area contributed by atoms with E-state index in [0.717, 1.165) is 18.4 Å². The molecule has 2 nitrogen and oxygen atoms in total. The largest absolute Gasteiger partial charge is 0.393 e. The Balaban J connectivity index is 3.41. The van der Waals surface area contributed by atoms with Crippen molar-refractivity contribution in [1.82, 2.24) is 0 Å². The highest BCUT2D eigenvalue weighted by Crippen LogP contribution is 2.52. The van der Waals surface area contributed by atoms with E-state index in [4.69, 9.17) is 6.42 Å². The molecule has 1 fully saturated rings. The number of hydrogen-bond donors (Lipinski definition) is 2. The average molecular weight is 343 g/mol. The number of rotatable bonds is 7. The maximum atomic E-state index is 9.74. The SMILES string of the molecule is C#CC(O)/C=C\C(=C/C)C1(/C(C=C)=C/CC(C)O)CC(C)CC(C)C1. The molecule has 1 aliphatic carbocycles. The summed E-state index contributed by atoms with van der Waals surface area (Å²) in [5.41, 5.74) is 2.18. The molecule has 2 N–H and O–H groups in total. The summed E-state index contributed by atoms with van der Waals surface area (Å²) < 4.78 is 0. The van der Waals surface area contributed by atoms with Crippen LogP contribution >= 0.6 is 0 Å². The molecule has 0 amide bonds. The topological polar surface area (TPSA) is 40.5 Å². The van der Waals surface area contributed by atoms with Crippen LogP contribution < -0.4 is 0 Å². The maximum absolute atomic E-state index is 9.74. The Bertz CT molecular complexity index is 561. The number of hydrogen-bond acceptors (Lipinski definition) is 2. The van der Waals surface area contributed by atoms with Gasteiger partial charge in [0.2, 0.25) is 0 Å². The Morgan fingerprint density at radius 2 is 1.88 bits per heavy atom. The van der Waals surface area contributed by atoms with Crippen LogP contribution in [0.5, 0.6) is 0 Å². The average Bonchev–Trinajstić information content (AvgIpc) is 2.54. The molecule has 0 aliphatic heterocycles. The van der Waals surface area contributed by atoms with E-state index in [0.29, 0.717) is 18.3 Å². The van der Waals surface area contributed by atoms with Gasteiger partial charge in [0, 0.05) is 5.41 Å². The van der Waals surface area contributed by atoms with Crippen LogP contribution in [0.2, 0.25) is 0 Å². The highest BCUT2D eigenvalue weighted by Gasteiger charge is 2.41. The van der Waals surface area contributed by atoms with E-state index in [1.165, 1.54) is 12.0 Å². The molecule has 1 aliphatic rings. The number of terminal acetylenes is 1. The second-order valence-corrected chi connectivity index (χ2v) is 7.60. The third kappa shape index (κ3) is 5.73. The smallest absolute Gasteiger partial charge is 0.133 e. The van der Waals surface area contributed by atoms with Gasteiger partial charge < -0.3 is 10.2 Å². The minimum Gasteiger partial charge on any atom is -0.393 e. The molecule has 0 bridgehead atoms. The minimum atomic E-state index is -0.876. The molecule has 4 unspecified atom stereocenters. The molecule has 1 saturated carbocycles. The molecule has 1 rings (SSSR count). The van der Waals surface area contributed by atoms with Crippen molar-refractivity contribution in [2.75, 3.05) is 0 Å². The maximum Gasteiger partial charge on any atom is 0.133 e. The van der Waals surface area contributed by atoms with Gasteiger partial charge in [0.1, 0.15) is 6.10 Å². The van der Waals surface area contributed by atoms with E-state index >= 15 is 0 Å². The van der Waals surface area contributed by atoms with Crippen LogP contribution in [-0.2, 0) is 0 Å². The summed E-state index contributed by atoms with van der Waals surface area (Å²) in [5, 5.41) is 19.5. The first-order chi connectivity index (χ1) is 11.8. The van der Waals surface area contributed by atoms with Crippen LogP contribution in [0.15, 0.2) is 48.1 Å². The number of allylic oxidation sites excluding steroid dienone is 5. The molecule has 4 atom stereocenters. The highest BCUT2D eigenvalue weighted by atomic mass is 16.3.